The van der Waals surface area contributed by atoms with Crippen LogP contribution in [0, 0.1) is 5.82 Å². The fourth-order valence-corrected chi connectivity index (χ4v) is 5.78. The van der Waals surface area contributed by atoms with Gasteiger partial charge >= 0.3 is 6.18 Å². The van der Waals surface area contributed by atoms with Gasteiger partial charge in [0, 0.05) is 17.8 Å². The van der Waals surface area contributed by atoms with E-state index in [2.05, 4.69) is 0 Å². The first-order chi connectivity index (χ1) is 15.0. The van der Waals surface area contributed by atoms with Crippen molar-refractivity contribution in [2.45, 2.75) is 36.4 Å². The van der Waals surface area contributed by atoms with Gasteiger partial charge in [0.25, 0.3) is 10.0 Å². The third-order valence-electron chi connectivity index (χ3n) is 5.84. The Morgan fingerprint density at radius 3 is 2.44 bits per heavy atom. The minimum absolute atomic E-state index is 0.0813. The molecule has 0 spiro atoms. The second-order valence-electron chi connectivity index (χ2n) is 8.09. The first kappa shape index (κ1) is 22.5. The zero-order chi connectivity index (χ0) is 23.3. The van der Waals surface area contributed by atoms with Crippen molar-refractivity contribution in [1.29, 1.82) is 0 Å². The van der Waals surface area contributed by atoms with E-state index >= 15 is 0 Å². The van der Waals surface area contributed by atoms with Crippen LogP contribution in [0.2, 0.25) is 0 Å². The molecule has 0 saturated carbocycles. The average molecular weight is 467 g/mol. The Hall–Kier alpha value is -2.65. The lowest BCUT2D eigenvalue weighted by Gasteiger charge is -2.28. The molecule has 0 saturated heterocycles. The summed E-state index contributed by atoms with van der Waals surface area (Å²) in [4.78, 5) is 1.46. The minimum Gasteiger partial charge on any atom is -0.302 e. The number of aromatic nitrogens is 1. The van der Waals surface area contributed by atoms with Gasteiger partial charge in [-0.3, -0.25) is 0 Å². The summed E-state index contributed by atoms with van der Waals surface area (Å²) in [5.41, 5.74) is 0.658. The summed E-state index contributed by atoms with van der Waals surface area (Å²) in [6, 6.07) is 9.37. The van der Waals surface area contributed by atoms with Crippen LogP contribution in [-0.4, -0.2) is 31.4 Å². The zero-order valence-corrected chi connectivity index (χ0v) is 18.3. The second kappa shape index (κ2) is 8.04. The molecule has 3 aromatic rings. The van der Waals surface area contributed by atoms with Crippen molar-refractivity contribution >= 4 is 10.0 Å². The summed E-state index contributed by atoms with van der Waals surface area (Å²) < 4.78 is 82.6. The molecular weight excluding hydrogens is 444 g/mol. The standard InChI is InChI=1S/C23H22F4N2O2S/c1-28(2)21-12-6-10-17-19(21)14-29(22(17)18-9-3-4-11-20(18)24)32(30,31)16-8-5-7-15(13-16)23(25,26)27/h3-5,7-9,11,13-14,21H,6,10,12H2,1-2H3. The van der Waals surface area contributed by atoms with Crippen molar-refractivity contribution in [3.63, 3.8) is 0 Å². The number of hydrogen-bond donors (Lipinski definition) is 0. The van der Waals surface area contributed by atoms with Gasteiger partial charge in [0.15, 0.2) is 0 Å². The second-order valence-corrected chi connectivity index (χ2v) is 9.90. The third kappa shape index (κ3) is 3.84. The highest BCUT2D eigenvalue weighted by atomic mass is 32.2. The highest BCUT2D eigenvalue weighted by Crippen LogP contribution is 2.42. The molecule has 1 heterocycles. The Morgan fingerprint density at radius 2 is 1.78 bits per heavy atom. The molecule has 1 unspecified atom stereocenters. The SMILES string of the molecule is CN(C)C1CCCc2c1cn(S(=O)(=O)c1cccc(C(F)(F)F)c1)c2-c1ccccc1F. The number of benzene rings is 2. The van der Waals surface area contributed by atoms with Gasteiger partial charge in [-0.2, -0.15) is 13.2 Å². The molecule has 0 aliphatic heterocycles. The Bertz CT molecular complexity index is 1260. The van der Waals surface area contributed by atoms with E-state index in [-0.39, 0.29) is 17.3 Å². The molecule has 2 aromatic carbocycles. The maximum atomic E-state index is 14.8. The van der Waals surface area contributed by atoms with Crippen molar-refractivity contribution in [2.75, 3.05) is 14.1 Å². The molecule has 4 nitrogen and oxygen atoms in total. The number of nitrogens with zero attached hydrogens (tertiary/aromatic N) is 2. The van der Waals surface area contributed by atoms with E-state index in [1.807, 2.05) is 19.0 Å². The number of fused-ring (bicyclic) bond motifs is 1. The molecule has 0 amide bonds. The van der Waals surface area contributed by atoms with Crippen LogP contribution in [0.4, 0.5) is 17.6 Å². The van der Waals surface area contributed by atoms with Gasteiger partial charge in [-0.1, -0.05) is 18.2 Å². The maximum absolute atomic E-state index is 14.8. The topological polar surface area (TPSA) is 42.3 Å². The molecule has 170 valence electrons. The van der Waals surface area contributed by atoms with Gasteiger partial charge in [0.05, 0.1) is 16.2 Å². The zero-order valence-electron chi connectivity index (χ0n) is 17.5. The summed E-state index contributed by atoms with van der Waals surface area (Å²) in [6.45, 7) is 0. The molecule has 1 aromatic heterocycles. The van der Waals surface area contributed by atoms with E-state index in [4.69, 9.17) is 0 Å². The van der Waals surface area contributed by atoms with Crippen LogP contribution < -0.4 is 0 Å². The smallest absolute Gasteiger partial charge is 0.302 e. The van der Waals surface area contributed by atoms with Crippen molar-refractivity contribution < 1.29 is 26.0 Å². The number of alkyl halides is 3. The maximum Gasteiger partial charge on any atom is 0.416 e. The Kier molecular flexibility index (Phi) is 5.67. The fourth-order valence-electron chi connectivity index (χ4n) is 4.32. The van der Waals surface area contributed by atoms with Crippen molar-refractivity contribution in [2.24, 2.45) is 0 Å². The predicted molar refractivity (Wildman–Crippen MR) is 113 cm³/mol. The molecule has 1 aliphatic rings. The summed E-state index contributed by atoms with van der Waals surface area (Å²) in [5.74, 6) is -0.596. The van der Waals surface area contributed by atoms with Crippen LogP contribution in [0.3, 0.4) is 0 Å². The van der Waals surface area contributed by atoms with Crippen LogP contribution >= 0.6 is 0 Å². The molecule has 0 N–H and O–H groups in total. The van der Waals surface area contributed by atoms with E-state index in [0.29, 0.717) is 18.1 Å². The molecule has 4 rings (SSSR count). The number of rotatable bonds is 4. The monoisotopic (exact) mass is 466 g/mol. The summed E-state index contributed by atoms with van der Waals surface area (Å²) >= 11 is 0. The van der Waals surface area contributed by atoms with Gasteiger partial charge in [-0.15, -0.1) is 0 Å². The lowest BCUT2D eigenvalue weighted by molar-refractivity contribution is -0.137. The molecule has 1 atom stereocenters. The lowest BCUT2D eigenvalue weighted by atomic mass is 9.87. The van der Waals surface area contributed by atoms with Crippen LogP contribution in [-0.2, 0) is 22.6 Å². The number of hydrogen-bond acceptors (Lipinski definition) is 3. The minimum atomic E-state index is -4.69. The van der Waals surface area contributed by atoms with E-state index in [9.17, 15) is 26.0 Å². The Labute approximate surface area is 184 Å². The van der Waals surface area contributed by atoms with E-state index in [0.717, 1.165) is 40.6 Å². The largest absolute Gasteiger partial charge is 0.416 e. The molecule has 0 fully saturated rings. The first-order valence-electron chi connectivity index (χ1n) is 10.1. The van der Waals surface area contributed by atoms with Crippen LogP contribution in [0.1, 0.15) is 35.6 Å². The van der Waals surface area contributed by atoms with Gasteiger partial charge in [0.2, 0.25) is 0 Å². The highest BCUT2D eigenvalue weighted by molar-refractivity contribution is 7.90. The first-order valence-corrected chi connectivity index (χ1v) is 11.5. The molecule has 0 radical (unpaired) electrons. The summed E-state index contributed by atoms with van der Waals surface area (Å²) in [7, 11) is -0.677. The highest BCUT2D eigenvalue weighted by Gasteiger charge is 2.35. The van der Waals surface area contributed by atoms with Gasteiger partial charge in [-0.05, 0) is 74.8 Å². The lowest BCUT2D eigenvalue weighted by Crippen LogP contribution is -2.23. The number of halogens is 4. The quantitative estimate of drug-likeness (QED) is 0.478. The average Bonchev–Trinajstić information content (AvgIpc) is 3.14. The summed E-state index contributed by atoms with van der Waals surface area (Å²) in [5, 5.41) is 0. The predicted octanol–water partition coefficient (Wildman–Crippen LogP) is 5.49. The molecule has 1 aliphatic carbocycles. The third-order valence-corrected chi connectivity index (χ3v) is 7.50. The van der Waals surface area contributed by atoms with E-state index in [1.54, 1.807) is 6.07 Å². The molecular formula is C23H22F4N2O2S. The Morgan fingerprint density at radius 1 is 1.06 bits per heavy atom. The van der Waals surface area contributed by atoms with E-state index in [1.165, 1.54) is 24.4 Å². The normalized spacial score (nSPS) is 16.9. The van der Waals surface area contributed by atoms with Crippen molar-refractivity contribution in [1.82, 2.24) is 8.87 Å². The molecule has 9 heteroatoms. The van der Waals surface area contributed by atoms with Crippen LogP contribution in [0.25, 0.3) is 11.3 Å². The summed E-state index contributed by atoms with van der Waals surface area (Å²) in [6.07, 6.45) is -1.12. The van der Waals surface area contributed by atoms with E-state index < -0.39 is 32.5 Å². The van der Waals surface area contributed by atoms with Crippen molar-refractivity contribution in [3.05, 3.63) is 77.2 Å². The van der Waals surface area contributed by atoms with Crippen molar-refractivity contribution in [3.8, 4) is 11.3 Å². The Balaban J connectivity index is 2.00. The van der Waals surface area contributed by atoms with Gasteiger partial charge in [0.1, 0.15) is 5.82 Å². The van der Waals surface area contributed by atoms with Gasteiger partial charge < -0.3 is 4.90 Å². The fraction of sp³-hybridized carbons (Fsp3) is 0.304. The van der Waals surface area contributed by atoms with Crippen LogP contribution in [0.15, 0.2) is 59.6 Å². The molecule has 0 bridgehead atoms. The molecule has 32 heavy (non-hydrogen) atoms. The van der Waals surface area contributed by atoms with Gasteiger partial charge in [-0.25, -0.2) is 16.8 Å². The van der Waals surface area contributed by atoms with Crippen LogP contribution in [0.5, 0.6) is 0 Å².